The lowest BCUT2D eigenvalue weighted by Gasteiger charge is -2.29. The van der Waals surface area contributed by atoms with Crippen LogP contribution in [0.3, 0.4) is 0 Å². The molecule has 2 N–H and O–H groups in total. The number of amides is 1. The van der Waals surface area contributed by atoms with Crippen LogP contribution in [0.15, 0.2) is 24.4 Å². The monoisotopic (exact) mass is 449 g/mol. The molecule has 0 saturated heterocycles. The van der Waals surface area contributed by atoms with Crippen LogP contribution in [0.2, 0.25) is 0 Å². The van der Waals surface area contributed by atoms with Crippen molar-refractivity contribution in [3.63, 3.8) is 0 Å². The average Bonchev–Trinajstić information content (AvgIpc) is 2.71. The van der Waals surface area contributed by atoms with Crippen molar-refractivity contribution >= 4 is 17.5 Å². The second-order valence-electron chi connectivity index (χ2n) is 8.73. The van der Waals surface area contributed by atoms with Crippen LogP contribution in [-0.2, 0) is 6.18 Å². The fraction of sp³-hybridized carbons (Fsp3) is 0.522. The van der Waals surface area contributed by atoms with Gasteiger partial charge in [0, 0.05) is 38.6 Å². The summed E-state index contributed by atoms with van der Waals surface area (Å²) < 4.78 is 39.3. The molecule has 6 nitrogen and oxygen atoms in total. The van der Waals surface area contributed by atoms with Crippen LogP contribution in [0.1, 0.15) is 52.9 Å². The molecule has 0 unspecified atom stereocenters. The van der Waals surface area contributed by atoms with Gasteiger partial charge in [-0.25, -0.2) is 9.97 Å². The zero-order valence-corrected chi connectivity index (χ0v) is 18.9. The molecule has 1 amide bonds. The van der Waals surface area contributed by atoms with Crippen molar-refractivity contribution in [2.24, 2.45) is 5.92 Å². The smallest absolute Gasteiger partial charge is 0.370 e. The van der Waals surface area contributed by atoms with Gasteiger partial charge in [0.15, 0.2) is 0 Å². The molecule has 2 heterocycles. The number of hydrogen-bond donors (Lipinski definition) is 2. The van der Waals surface area contributed by atoms with Crippen molar-refractivity contribution in [3.05, 3.63) is 46.8 Å². The van der Waals surface area contributed by atoms with Crippen LogP contribution < -0.4 is 15.5 Å². The summed E-state index contributed by atoms with van der Waals surface area (Å²) in [4.78, 5) is 22.7. The number of pyridine rings is 2. The normalized spacial score (nSPS) is 18.8. The molecular formula is C23H30F3N5O. The van der Waals surface area contributed by atoms with E-state index in [0.717, 1.165) is 61.6 Å². The molecular weight excluding hydrogens is 419 g/mol. The molecule has 1 fully saturated rings. The van der Waals surface area contributed by atoms with E-state index < -0.39 is 17.6 Å². The third kappa shape index (κ3) is 6.11. The number of alkyl halides is 3. The molecule has 2 aromatic rings. The largest absolute Gasteiger partial charge is 0.417 e. The number of carbonyl (C=O) groups is 1. The van der Waals surface area contributed by atoms with Gasteiger partial charge in [0.05, 0.1) is 11.1 Å². The fourth-order valence-electron chi connectivity index (χ4n) is 4.09. The predicted molar refractivity (Wildman–Crippen MR) is 119 cm³/mol. The minimum absolute atomic E-state index is 0.0606. The number of halogens is 3. The van der Waals surface area contributed by atoms with Crippen molar-refractivity contribution < 1.29 is 18.0 Å². The maximum atomic E-state index is 13.1. The van der Waals surface area contributed by atoms with Crippen molar-refractivity contribution in [1.82, 2.24) is 15.3 Å². The van der Waals surface area contributed by atoms with E-state index >= 15 is 0 Å². The van der Waals surface area contributed by atoms with Gasteiger partial charge in [-0.2, -0.15) is 13.2 Å². The molecule has 32 heavy (non-hydrogen) atoms. The van der Waals surface area contributed by atoms with Gasteiger partial charge in [0.25, 0.3) is 5.91 Å². The lowest BCUT2D eigenvalue weighted by atomic mass is 9.86. The molecule has 3 rings (SSSR count). The summed E-state index contributed by atoms with van der Waals surface area (Å²) in [6.07, 6.45) is -0.393. The first-order valence-corrected chi connectivity index (χ1v) is 10.8. The van der Waals surface area contributed by atoms with E-state index in [1.807, 2.05) is 26.0 Å². The van der Waals surface area contributed by atoms with Gasteiger partial charge < -0.3 is 15.5 Å². The SMILES string of the molecule is Cc1cc(C)nc(NCC2CCC(NC(=O)c3cc(C(F)(F)F)cnc3N(C)C)CC2)c1. The van der Waals surface area contributed by atoms with Gasteiger partial charge in [0.2, 0.25) is 0 Å². The summed E-state index contributed by atoms with van der Waals surface area (Å²) in [5.74, 6) is 1.02. The summed E-state index contributed by atoms with van der Waals surface area (Å²) in [5.41, 5.74) is 1.14. The molecule has 0 aliphatic heterocycles. The summed E-state index contributed by atoms with van der Waals surface area (Å²) in [5, 5.41) is 6.31. The second kappa shape index (κ2) is 9.75. The standard InChI is InChI=1S/C23H30F3N5O/c1-14-9-15(2)29-20(10-14)27-12-16-5-7-18(8-6-16)30-22(32)19-11-17(23(24,25)26)13-28-21(19)31(3)4/h9-11,13,16,18H,5-8,12H2,1-4H3,(H,27,29)(H,30,32). The minimum Gasteiger partial charge on any atom is -0.370 e. The fourth-order valence-corrected chi connectivity index (χ4v) is 4.09. The van der Waals surface area contributed by atoms with E-state index in [1.165, 1.54) is 0 Å². The summed E-state index contributed by atoms with van der Waals surface area (Å²) in [7, 11) is 3.30. The van der Waals surface area contributed by atoms with Crippen LogP contribution in [0.5, 0.6) is 0 Å². The molecule has 9 heteroatoms. The number of aryl methyl sites for hydroxylation is 2. The Balaban J connectivity index is 1.57. The Labute approximate surface area is 186 Å². The van der Waals surface area contributed by atoms with Gasteiger partial charge in [-0.15, -0.1) is 0 Å². The highest BCUT2D eigenvalue weighted by molar-refractivity contribution is 5.99. The van der Waals surface area contributed by atoms with Crippen molar-refractivity contribution in [3.8, 4) is 0 Å². The molecule has 1 aliphatic carbocycles. The van der Waals surface area contributed by atoms with E-state index in [2.05, 4.69) is 20.6 Å². The van der Waals surface area contributed by atoms with Crippen LogP contribution in [0, 0.1) is 19.8 Å². The number of nitrogens with zero attached hydrogens (tertiary/aromatic N) is 3. The van der Waals surface area contributed by atoms with Crippen molar-refractivity contribution in [2.75, 3.05) is 30.9 Å². The predicted octanol–water partition coefficient (Wildman–Crippen LogP) is 4.58. The van der Waals surface area contributed by atoms with Crippen molar-refractivity contribution in [1.29, 1.82) is 0 Å². The van der Waals surface area contributed by atoms with Gasteiger partial charge in [-0.3, -0.25) is 4.79 Å². The average molecular weight is 450 g/mol. The Bertz CT molecular complexity index is 933. The van der Waals surface area contributed by atoms with Gasteiger partial charge in [-0.05, 0) is 69.2 Å². The lowest BCUT2D eigenvalue weighted by Crippen LogP contribution is -2.39. The number of anilines is 2. The second-order valence-corrected chi connectivity index (χ2v) is 8.73. The lowest BCUT2D eigenvalue weighted by molar-refractivity contribution is -0.137. The Kier molecular flexibility index (Phi) is 7.26. The Morgan fingerprint density at radius 1 is 1.12 bits per heavy atom. The van der Waals surface area contributed by atoms with E-state index in [9.17, 15) is 18.0 Å². The first-order valence-electron chi connectivity index (χ1n) is 10.8. The highest BCUT2D eigenvalue weighted by Gasteiger charge is 2.33. The van der Waals surface area contributed by atoms with Crippen LogP contribution in [0.4, 0.5) is 24.8 Å². The van der Waals surface area contributed by atoms with Gasteiger partial charge in [0.1, 0.15) is 11.6 Å². The molecule has 0 atom stereocenters. The molecule has 0 radical (unpaired) electrons. The highest BCUT2D eigenvalue weighted by Crippen LogP contribution is 2.31. The quantitative estimate of drug-likeness (QED) is 0.676. The van der Waals surface area contributed by atoms with Crippen molar-refractivity contribution in [2.45, 2.75) is 51.7 Å². The first kappa shape index (κ1) is 23.8. The van der Waals surface area contributed by atoms with E-state index in [-0.39, 0.29) is 17.4 Å². The topological polar surface area (TPSA) is 70.1 Å². The maximum Gasteiger partial charge on any atom is 0.417 e. The molecule has 2 aromatic heterocycles. The van der Waals surface area contributed by atoms with Crippen LogP contribution in [0.25, 0.3) is 0 Å². The molecule has 174 valence electrons. The van der Waals surface area contributed by atoms with E-state index in [4.69, 9.17) is 0 Å². The molecule has 0 aromatic carbocycles. The first-order chi connectivity index (χ1) is 15.0. The minimum atomic E-state index is -4.55. The summed E-state index contributed by atoms with van der Waals surface area (Å²) in [6.45, 7) is 4.81. The zero-order valence-electron chi connectivity index (χ0n) is 18.9. The highest BCUT2D eigenvalue weighted by atomic mass is 19.4. The number of hydrogen-bond acceptors (Lipinski definition) is 5. The van der Waals surface area contributed by atoms with Crippen LogP contribution >= 0.6 is 0 Å². The number of aromatic nitrogens is 2. The number of nitrogens with one attached hydrogen (secondary N) is 2. The van der Waals surface area contributed by atoms with E-state index in [1.54, 1.807) is 19.0 Å². The van der Waals surface area contributed by atoms with Gasteiger partial charge in [-0.1, -0.05) is 0 Å². The van der Waals surface area contributed by atoms with Crippen LogP contribution in [-0.4, -0.2) is 42.6 Å². The zero-order chi connectivity index (χ0) is 23.5. The third-order valence-corrected chi connectivity index (χ3v) is 5.71. The molecule has 1 saturated carbocycles. The molecule has 1 aliphatic rings. The van der Waals surface area contributed by atoms with Gasteiger partial charge >= 0.3 is 6.18 Å². The van der Waals surface area contributed by atoms with E-state index in [0.29, 0.717) is 5.92 Å². The summed E-state index contributed by atoms with van der Waals surface area (Å²) in [6, 6.07) is 4.86. The Morgan fingerprint density at radius 2 is 1.81 bits per heavy atom. The molecule has 0 bridgehead atoms. The number of carbonyl (C=O) groups excluding carboxylic acids is 1. The number of rotatable bonds is 6. The maximum absolute atomic E-state index is 13.1. The Hall–Kier alpha value is -2.84. The Morgan fingerprint density at radius 3 is 2.41 bits per heavy atom. The summed E-state index contributed by atoms with van der Waals surface area (Å²) >= 11 is 0. The molecule has 0 spiro atoms. The third-order valence-electron chi connectivity index (χ3n) is 5.71.